The van der Waals surface area contributed by atoms with Gasteiger partial charge in [0.1, 0.15) is 0 Å². The summed E-state index contributed by atoms with van der Waals surface area (Å²) in [6.07, 6.45) is 7.23. The molecular formula is C15H17NOS. The van der Waals surface area contributed by atoms with Crippen LogP contribution in [0, 0.1) is 0 Å². The van der Waals surface area contributed by atoms with Gasteiger partial charge in [0.05, 0.1) is 5.54 Å². The van der Waals surface area contributed by atoms with Crippen LogP contribution >= 0.6 is 11.8 Å². The minimum atomic E-state index is -0.271. The van der Waals surface area contributed by atoms with Crippen LogP contribution in [0.4, 0.5) is 0 Å². The molecule has 0 radical (unpaired) electrons. The molecule has 1 atom stereocenters. The quantitative estimate of drug-likeness (QED) is 0.596. The van der Waals surface area contributed by atoms with Gasteiger partial charge in [-0.25, -0.2) is 4.79 Å². The molecule has 1 unspecified atom stereocenters. The fraction of sp³-hybridized carbons (Fsp3) is 0.533. The van der Waals surface area contributed by atoms with Gasteiger partial charge in [-0.1, -0.05) is 31.9 Å². The van der Waals surface area contributed by atoms with Crippen LogP contribution in [0.5, 0.6) is 0 Å². The van der Waals surface area contributed by atoms with Gasteiger partial charge in [0.25, 0.3) is 0 Å². The summed E-state index contributed by atoms with van der Waals surface area (Å²) >= 11 is 1.95. The predicted molar refractivity (Wildman–Crippen MR) is 73.7 cm³/mol. The Labute approximate surface area is 112 Å². The summed E-state index contributed by atoms with van der Waals surface area (Å²) in [6.45, 7) is 2.26. The first kappa shape index (κ1) is 12.0. The monoisotopic (exact) mass is 259 g/mol. The van der Waals surface area contributed by atoms with Crippen molar-refractivity contribution in [3.05, 3.63) is 29.3 Å². The molecule has 94 valence electrons. The third-order valence-corrected chi connectivity index (χ3v) is 5.34. The number of hydrogen-bond donors (Lipinski definition) is 0. The average Bonchev–Trinajstić information content (AvgIpc) is 2.94. The Hall–Kier alpha value is -1.05. The maximum absolute atomic E-state index is 10.7. The predicted octanol–water partition coefficient (Wildman–Crippen LogP) is 3.83. The number of isocyanates is 1. The van der Waals surface area contributed by atoms with Gasteiger partial charge in [-0.15, -0.1) is 11.8 Å². The normalized spacial score (nSPS) is 24.6. The van der Waals surface area contributed by atoms with E-state index in [2.05, 4.69) is 30.1 Å². The van der Waals surface area contributed by atoms with Gasteiger partial charge >= 0.3 is 0 Å². The fourth-order valence-corrected chi connectivity index (χ4v) is 4.36. The summed E-state index contributed by atoms with van der Waals surface area (Å²) in [5, 5.41) is 0.671. The van der Waals surface area contributed by atoms with Crippen LogP contribution in [0.1, 0.15) is 43.7 Å². The lowest BCUT2D eigenvalue weighted by Gasteiger charge is -2.23. The molecule has 1 aromatic rings. The van der Waals surface area contributed by atoms with Crippen molar-refractivity contribution in [3.8, 4) is 0 Å². The molecule has 0 N–H and O–H groups in total. The van der Waals surface area contributed by atoms with E-state index in [0.717, 1.165) is 32.1 Å². The van der Waals surface area contributed by atoms with Gasteiger partial charge < -0.3 is 0 Å². The lowest BCUT2D eigenvalue weighted by molar-refractivity contribution is 0.455. The van der Waals surface area contributed by atoms with Crippen molar-refractivity contribution in [3.63, 3.8) is 0 Å². The Bertz CT molecular complexity index is 513. The second kappa shape index (κ2) is 4.56. The molecule has 0 spiro atoms. The van der Waals surface area contributed by atoms with E-state index >= 15 is 0 Å². The summed E-state index contributed by atoms with van der Waals surface area (Å²) < 4.78 is 0. The number of rotatable bonds is 2. The van der Waals surface area contributed by atoms with E-state index in [1.807, 2.05) is 11.8 Å². The molecule has 1 aliphatic heterocycles. The zero-order chi connectivity index (χ0) is 12.6. The van der Waals surface area contributed by atoms with Crippen LogP contribution in [-0.2, 0) is 16.8 Å². The molecule has 0 saturated heterocycles. The molecule has 18 heavy (non-hydrogen) atoms. The van der Waals surface area contributed by atoms with Crippen LogP contribution in [0.2, 0.25) is 0 Å². The van der Waals surface area contributed by atoms with Gasteiger partial charge in [0, 0.05) is 10.1 Å². The number of aliphatic imine (C=N–C) groups is 1. The summed E-state index contributed by atoms with van der Waals surface area (Å²) in [5.41, 5.74) is 2.38. The van der Waals surface area contributed by atoms with Gasteiger partial charge in [0.15, 0.2) is 0 Å². The van der Waals surface area contributed by atoms with Crippen LogP contribution < -0.4 is 0 Å². The Balaban J connectivity index is 2.02. The minimum absolute atomic E-state index is 0.271. The smallest absolute Gasteiger partial charge is 0.211 e. The van der Waals surface area contributed by atoms with Gasteiger partial charge in [0.2, 0.25) is 6.08 Å². The molecule has 1 aromatic carbocycles. The number of benzene rings is 1. The van der Waals surface area contributed by atoms with E-state index in [9.17, 15) is 4.79 Å². The van der Waals surface area contributed by atoms with Crippen LogP contribution in [-0.4, -0.2) is 11.3 Å². The van der Waals surface area contributed by atoms with Gasteiger partial charge in [-0.05, 0) is 36.5 Å². The van der Waals surface area contributed by atoms with Crippen LogP contribution in [0.15, 0.2) is 28.1 Å². The van der Waals surface area contributed by atoms with Crippen LogP contribution in [0.25, 0.3) is 0 Å². The van der Waals surface area contributed by atoms with Crippen molar-refractivity contribution in [1.29, 1.82) is 0 Å². The molecule has 1 aliphatic carbocycles. The molecule has 2 nitrogen and oxygen atoms in total. The summed E-state index contributed by atoms with van der Waals surface area (Å²) in [4.78, 5) is 16.3. The highest BCUT2D eigenvalue weighted by Gasteiger charge is 2.36. The van der Waals surface area contributed by atoms with E-state index in [1.54, 1.807) is 6.08 Å². The third-order valence-electron chi connectivity index (χ3n) is 4.12. The lowest BCUT2D eigenvalue weighted by Crippen LogP contribution is -2.19. The summed E-state index contributed by atoms with van der Waals surface area (Å²) in [5.74, 6) is 0. The molecule has 3 heteroatoms. The number of carbonyl (C=O) groups excluding carboxylic acids is 1. The maximum Gasteiger partial charge on any atom is 0.235 e. The number of thioether (sulfide) groups is 1. The topological polar surface area (TPSA) is 29.4 Å². The first-order chi connectivity index (χ1) is 8.73. The zero-order valence-electron chi connectivity index (χ0n) is 10.6. The minimum Gasteiger partial charge on any atom is -0.211 e. The van der Waals surface area contributed by atoms with E-state index in [-0.39, 0.29) is 5.54 Å². The highest BCUT2D eigenvalue weighted by molar-refractivity contribution is 8.00. The average molecular weight is 259 g/mol. The maximum atomic E-state index is 10.7. The Morgan fingerprint density at radius 2 is 2.17 bits per heavy atom. The molecular weight excluding hydrogens is 242 g/mol. The Morgan fingerprint density at radius 3 is 2.89 bits per heavy atom. The van der Waals surface area contributed by atoms with Crippen molar-refractivity contribution < 1.29 is 4.79 Å². The van der Waals surface area contributed by atoms with E-state index in [0.29, 0.717) is 5.25 Å². The molecule has 0 aromatic heterocycles. The van der Waals surface area contributed by atoms with Crippen molar-refractivity contribution in [2.75, 3.05) is 0 Å². The highest BCUT2D eigenvalue weighted by atomic mass is 32.2. The van der Waals surface area contributed by atoms with Crippen molar-refractivity contribution >= 4 is 17.8 Å². The molecule has 0 bridgehead atoms. The number of fused-ring (bicyclic) bond motifs is 1. The number of hydrogen-bond acceptors (Lipinski definition) is 3. The van der Waals surface area contributed by atoms with Crippen molar-refractivity contribution in [2.45, 2.75) is 54.7 Å². The first-order valence-corrected chi connectivity index (χ1v) is 7.51. The van der Waals surface area contributed by atoms with Gasteiger partial charge in [-0.3, -0.25) is 0 Å². The SMILES string of the molecule is CC1Cc2cc(C3(N=C=O)CCCC3)ccc2S1. The van der Waals surface area contributed by atoms with Crippen LogP contribution in [0.3, 0.4) is 0 Å². The van der Waals surface area contributed by atoms with E-state index < -0.39 is 0 Å². The van der Waals surface area contributed by atoms with Crippen molar-refractivity contribution in [1.82, 2.24) is 0 Å². The fourth-order valence-electron chi connectivity index (χ4n) is 3.22. The third kappa shape index (κ3) is 1.92. The second-order valence-electron chi connectivity index (χ2n) is 5.40. The second-order valence-corrected chi connectivity index (χ2v) is 6.88. The van der Waals surface area contributed by atoms with Crippen molar-refractivity contribution in [2.24, 2.45) is 4.99 Å². The summed E-state index contributed by atoms with van der Waals surface area (Å²) in [6, 6.07) is 6.65. The molecule has 3 rings (SSSR count). The molecule has 0 amide bonds. The zero-order valence-corrected chi connectivity index (χ0v) is 11.4. The molecule has 1 fully saturated rings. The first-order valence-electron chi connectivity index (χ1n) is 6.63. The molecule has 1 heterocycles. The van der Waals surface area contributed by atoms with E-state index in [4.69, 9.17) is 0 Å². The number of nitrogens with zero attached hydrogens (tertiary/aromatic N) is 1. The summed E-state index contributed by atoms with van der Waals surface area (Å²) in [7, 11) is 0. The standard InChI is InChI=1S/C15H17NOS/c1-11-8-12-9-13(4-5-14(12)18-11)15(16-10-17)6-2-3-7-15/h4-5,9,11H,2-3,6-8H2,1H3. The largest absolute Gasteiger partial charge is 0.235 e. The molecule has 2 aliphatic rings. The molecule has 1 saturated carbocycles. The highest BCUT2D eigenvalue weighted by Crippen LogP contribution is 2.45. The lowest BCUT2D eigenvalue weighted by atomic mass is 9.87. The Morgan fingerprint density at radius 1 is 1.39 bits per heavy atom. The Kier molecular flexibility index (Phi) is 3.04. The van der Waals surface area contributed by atoms with Gasteiger partial charge in [-0.2, -0.15) is 4.99 Å². The van der Waals surface area contributed by atoms with E-state index in [1.165, 1.54) is 16.0 Å².